The van der Waals surface area contributed by atoms with Crippen LogP contribution < -0.4 is 10.3 Å². The molecule has 5 rings (SSSR count). The van der Waals surface area contributed by atoms with Crippen molar-refractivity contribution in [3.63, 3.8) is 0 Å². The fraction of sp³-hybridized carbons (Fsp3) is 0.208. The molecular weight excluding hydrogens is 440 g/mol. The zero-order chi connectivity index (χ0) is 22.1. The van der Waals surface area contributed by atoms with E-state index in [4.69, 9.17) is 4.74 Å². The minimum atomic E-state index is -0.0590. The van der Waals surface area contributed by atoms with Crippen LogP contribution in [0.5, 0.6) is 5.75 Å². The molecule has 3 heterocycles. The summed E-state index contributed by atoms with van der Waals surface area (Å²) >= 11 is 3.07. The van der Waals surface area contributed by atoms with Crippen LogP contribution in [0.2, 0.25) is 0 Å². The summed E-state index contributed by atoms with van der Waals surface area (Å²) in [6.45, 7) is 4.97. The smallest absolute Gasteiger partial charge is 0.273 e. The molecule has 0 atom stereocenters. The summed E-state index contributed by atoms with van der Waals surface area (Å²) in [5, 5.41) is 11.6. The first-order chi connectivity index (χ1) is 15.7. The Bertz CT molecular complexity index is 1450. The number of nitrogens with zero attached hydrogens (tertiary/aromatic N) is 4. The Hall–Kier alpha value is -3.10. The van der Waals surface area contributed by atoms with Crippen LogP contribution in [-0.2, 0) is 12.3 Å². The maximum atomic E-state index is 13.3. The monoisotopic (exact) mass is 462 g/mol. The molecule has 3 aromatic heterocycles. The molecule has 32 heavy (non-hydrogen) atoms. The summed E-state index contributed by atoms with van der Waals surface area (Å²) in [6.07, 6.45) is 0. The highest BCUT2D eigenvalue weighted by Crippen LogP contribution is 2.27. The fourth-order valence-electron chi connectivity index (χ4n) is 3.67. The van der Waals surface area contributed by atoms with Crippen molar-refractivity contribution >= 4 is 39.1 Å². The predicted octanol–water partition coefficient (Wildman–Crippen LogP) is 5.15. The molecule has 0 amide bonds. The topological polar surface area (TPSA) is 61.4 Å². The number of thioether (sulfide) groups is 1. The van der Waals surface area contributed by atoms with Crippen molar-refractivity contribution in [2.24, 2.45) is 0 Å². The SMILES string of the molecule is CCOc1ccccc1Cn1c(=O)c2sccc2n2c(SCc3ccc(C)cc3)nnc12. The number of para-hydroxylation sites is 1. The van der Waals surface area contributed by atoms with E-state index in [1.165, 1.54) is 22.5 Å². The van der Waals surface area contributed by atoms with Crippen LogP contribution >= 0.6 is 23.1 Å². The highest BCUT2D eigenvalue weighted by Gasteiger charge is 2.19. The second kappa shape index (κ2) is 8.80. The summed E-state index contributed by atoms with van der Waals surface area (Å²) in [6, 6.07) is 18.3. The summed E-state index contributed by atoms with van der Waals surface area (Å²) in [5.74, 6) is 2.09. The van der Waals surface area contributed by atoms with Gasteiger partial charge in [-0.25, -0.2) is 0 Å². The number of hydrogen-bond donors (Lipinski definition) is 0. The molecule has 0 aliphatic carbocycles. The molecule has 0 unspecified atom stereocenters. The number of ether oxygens (including phenoxy) is 1. The number of fused-ring (bicyclic) bond motifs is 3. The van der Waals surface area contributed by atoms with Crippen molar-refractivity contribution in [3.05, 3.63) is 87.0 Å². The van der Waals surface area contributed by atoms with Crippen LogP contribution in [0.1, 0.15) is 23.6 Å². The van der Waals surface area contributed by atoms with E-state index in [1.54, 1.807) is 16.3 Å². The Labute approximate surface area is 193 Å². The molecule has 0 bridgehead atoms. The minimum absolute atomic E-state index is 0.0590. The Morgan fingerprint density at radius 2 is 1.88 bits per heavy atom. The van der Waals surface area contributed by atoms with Gasteiger partial charge in [-0.1, -0.05) is 59.8 Å². The van der Waals surface area contributed by atoms with Gasteiger partial charge in [0.25, 0.3) is 5.56 Å². The molecule has 0 fully saturated rings. The first-order valence-corrected chi connectivity index (χ1v) is 12.3. The molecule has 0 saturated carbocycles. The second-order valence-electron chi connectivity index (χ2n) is 7.46. The fourth-order valence-corrected chi connectivity index (χ4v) is 5.39. The van der Waals surface area contributed by atoms with Gasteiger partial charge in [-0.3, -0.25) is 13.8 Å². The minimum Gasteiger partial charge on any atom is -0.494 e. The van der Waals surface area contributed by atoms with Crippen molar-refractivity contribution < 1.29 is 4.74 Å². The van der Waals surface area contributed by atoms with E-state index < -0.39 is 0 Å². The van der Waals surface area contributed by atoms with Crippen molar-refractivity contribution in [3.8, 4) is 5.75 Å². The largest absolute Gasteiger partial charge is 0.494 e. The summed E-state index contributed by atoms with van der Waals surface area (Å²) < 4.78 is 10.2. The molecule has 0 spiro atoms. The Morgan fingerprint density at radius 1 is 1.06 bits per heavy atom. The van der Waals surface area contributed by atoms with Gasteiger partial charge in [-0.05, 0) is 36.9 Å². The molecule has 5 aromatic rings. The lowest BCUT2D eigenvalue weighted by Gasteiger charge is -2.13. The third-order valence-electron chi connectivity index (χ3n) is 5.27. The summed E-state index contributed by atoms with van der Waals surface area (Å²) in [7, 11) is 0. The van der Waals surface area contributed by atoms with Crippen molar-refractivity contribution in [2.45, 2.75) is 31.3 Å². The van der Waals surface area contributed by atoms with E-state index >= 15 is 0 Å². The van der Waals surface area contributed by atoms with Gasteiger partial charge in [0.2, 0.25) is 5.78 Å². The Kier molecular flexibility index (Phi) is 5.71. The van der Waals surface area contributed by atoms with Gasteiger partial charge < -0.3 is 4.74 Å². The molecule has 162 valence electrons. The van der Waals surface area contributed by atoms with Crippen molar-refractivity contribution in [1.29, 1.82) is 0 Å². The highest BCUT2D eigenvalue weighted by atomic mass is 32.2. The Balaban J connectivity index is 1.59. The van der Waals surface area contributed by atoms with Gasteiger partial charge in [0, 0.05) is 11.3 Å². The van der Waals surface area contributed by atoms with Gasteiger partial charge in [-0.15, -0.1) is 21.5 Å². The van der Waals surface area contributed by atoms with Crippen LogP contribution in [0.25, 0.3) is 16.0 Å². The molecule has 0 aliphatic rings. The lowest BCUT2D eigenvalue weighted by Crippen LogP contribution is -2.23. The molecule has 6 nitrogen and oxygen atoms in total. The average Bonchev–Trinajstić information content (AvgIpc) is 3.45. The molecule has 8 heteroatoms. The molecule has 0 saturated heterocycles. The Morgan fingerprint density at radius 3 is 2.69 bits per heavy atom. The average molecular weight is 463 g/mol. The van der Waals surface area contributed by atoms with Crippen LogP contribution in [-0.4, -0.2) is 25.8 Å². The van der Waals surface area contributed by atoms with E-state index in [1.807, 2.05) is 47.0 Å². The van der Waals surface area contributed by atoms with Gasteiger partial charge in [0.15, 0.2) is 5.16 Å². The zero-order valence-corrected chi connectivity index (χ0v) is 19.4. The van der Waals surface area contributed by atoms with Crippen LogP contribution in [0.15, 0.2) is 69.9 Å². The first kappa shape index (κ1) is 20.8. The van der Waals surface area contributed by atoms with E-state index in [9.17, 15) is 4.79 Å². The van der Waals surface area contributed by atoms with Gasteiger partial charge >= 0.3 is 0 Å². The first-order valence-electron chi connectivity index (χ1n) is 10.4. The molecule has 2 aromatic carbocycles. The standard InChI is InChI=1S/C24H22N4O2S2/c1-3-30-20-7-5-4-6-18(20)14-27-22(29)21-19(12-13-31-21)28-23(27)25-26-24(28)32-15-17-10-8-16(2)9-11-17/h4-13H,3,14-15H2,1-2H3. The number of aryl methyl sites for hydroxylation is 1. The zero-order valence-electron chi connectivity index (χ0n) is 17.8. The number of aromatic nitrogens is 4. The summed E-state index contributed by atoms with van der Waals surface area (Å²) in [5.41, 5.74) is 4.18. The predicted molar refractivity (Wildman–Crippen MR) is 130 cm³/mol. The lowest BCUT2D eigenvalue weighted by atomic mass is 10.2. The quantitative estimate of drug-likeness (QED) is 0.313. The second-order valence-corrected chi connectivity index (χ2v) is 9.32. The third kappa shape index (κ3) is 3.80. The van der Waals surface area contributed by atoms with E-state index in [0.29, 0.717) is 23.6 Å². The van der Waals surface area contributed by atoms with E-state index in [-0.39, 0.29) is 5.56 Å². The number of rotatable bonds is 7. The third-order valence-corrected chi connectivity index (χ3v) is 7.16. The van der Waals surface area contributed by atoms with Crippen LogP contribution in [0.4, 0.5) is 0 Å². The number of benzene rings is 2. The molecule has 0 N–H and O–H groups in total. The normalized spacial score (nSPS) is 11.4. The molecular formula is C24H22N4O2S2. The highest BCUT2D eigenvalue weighted by molar-refractivity contribution is 7.98. The lowest BCUT2D eigenvalue weighted by molar-refractivity contribution is 0.336. The van der Waals surface area contributed by atoms with Crippen molar-refractivity contribution in [1.82, 2.24) is 19.2 Å². The van der Waals surface area contributed by atoms with Crippen LogP contribution in [0.3, 0.4) is 0 Å². The van der Waals surface area contributed by atoms with Gasteiger partial charge in [0.05, 0.1) is 18.7 Å². The maximum absolute atomic E-state index is 13.3. The molecule has 0 radical (unpaired) electrons. The van der Waals surface area contributed by atoms with E-state index in [0.717, 1.165) is 27.7 Å². The van der Waals surface area contributed by atoms with Crippen LogP contribution in [0, 0.1) is 6.92 Å². The van der Waals surface area contributed by atoms with E-state index in [2.05, 4.69) is 41.4 Å². The number of thiophene rings is 1. The van der Waals surface area contributed by atoms with Gasteiger partial charge in [-0.2, -0.15) is 0 Å². The maximum Gasteiger partial charge on any atom is 0.273 e. The summed E-state index contributed by atoms with van der Waals surface area (Å²) in [4.78, 5) is 13.3. The number of hydrogen-bond acceptors (Lipinski definition) is 6. The molecule has 0 aliphatic heterocycles. The van der Waals surface area contributed by atoms with Crippen molar-refractivity contribution in [2.75, 3.05) is 6.61 Å². The van der Waals surface area contributed by atoms with Gasteiger partial charge in [0.1, 0.15) is 10.4 Å².